The minimum atomic E-state index is 0.651. The molecular weight excluding hydrogens is 264 g/mol. The highest BCUT2D eigenvalue weighted by molar-refractivity contribution is 5.60. The molecule has 1 aromatic heterocycles. The average Bonchev–Trinajstić information content (AvgIpc) is 2.54. The first kappa shape index (κ1) is 15.3. The highest BCUT2D eigenvalue weighted by Gasteiger charge is 2.09. The summed E-state index contributed by atoms with van der Waals surface area (Å²) in [5.41, 5.74) is 1.13. The molecular formula is C16H22N4O. The molecule has 0 amide bonds. The van der Waals surface area contributed by atoms with Crippen LogP contribution in [0.5, 0.6) is 0 Å². The van der Waals surface area contributed by atoms with Gasteiger partial charge in [0.1, 0.15) is 5.82 Å². The number of nitrogens with zero attached hydrogens (tertiary/aromatic N) is 3. The number of rotatable bonds is 8. The monoisotopic (exact) mass is 286 g/mol. The number of hydrogen-bond donors (Lipinski definition) is 1. The Hall–Kier alpha value is -2.14. The van der Waals surface area contributed by atoms with Crippen LogP contribution in [-0.2, 0) is 4.74 Å². The van der Waals surface area contributed by atoms with Gasteiger partial charge in [-0.2, -0.15) is 4.98 Å². The van der Waals surface area contributed by atoms with Gasteiger partial charge >= 0.3 is 0 Å². The molecule has 0 atom stereocenters. The predicted octanol–water partition coefficient (Wildman–Crippen LogP) is 3.08. The molecule has 0 bridgehead atoms. The first-order chi connectivity index (χ1) is 10.3. The van der Waals surface area contributed by atoms with Crippen molar-refractivity contribution in [1.82, 2.24) is 9.97 Å². The number of aromatic nitrogens is 2. The summed E-state index contributed by atoms with van der Waals surface area (Å²) in [5.74, 6) is 1.55. The molecule has 1 heterocycles. The van der Waals surface area contributed by atoms with Crippen molar-refractivity contribution in [2.75, 3.05) is 37.0 Å². The molecule has 2 rings (SSSR count). The maximum atomic E-state index is 5.03. The van der Waals surface area contributed by atoms with Crippen LogP contribution in [0.3, 0.4) is 0 Å². The molecule has 2 aromatic rings. The zero-order valence-corrected chi connectivity index (χ0v) is 12.6. The van der Waals surface area contributed by atoms with Crippen molar-refractivity contribution in [3.05, 3.63) is 42.6 Å². The van der Waals surface area contributed by atoms with E-state index in [0.717, 1.165) is 37.6 Å². The molecule has 0 saturated carbocycles. The van der Waals surface area contributed by atoms with Crippen molar-refractivity contribution in [1.29, 1.82) is 0 Å². The number of para-hydroxylation sites is 1. The van der Waals surface area contributed by atoms with Crippen LogP contribution in [0, 0.1) is 0 Å². The molecule has 5 nitrogen and oxygen atoms in total. The van der Waals surface area contributed by atoms with Crippen molar-refractivity contribution < 1.29 is 4.74 Å². The van der Waals surface area contributed by atoms with E-state index in [9.17, 15) is 0 Å². The standard InChI is InChI=1S/C16H22N4O/c1-3-20(14-8-5-4-6-9-14)15-10-12-18-16(19-15)17-11-7-13-21-2/h4-6,8-10,12H,3,7,11,13H2,1-2H3,(H,17,18,19). The van der Waals surface area contributed by atoms with Crippen molar-refractivity contribution in [2.45, 2.75) is 13.3 Å². The number of hydrogen-bond acceptors (Lipinski definition) is 5. The van der Waals surface area contributed by atoms with E-state index >= 15 is 0 Å². The van der Waals surface area contributed by atoms with E-state index in [4.69, 9.17) is 4.74 Å². The van der Waals surface area contributed by atoms with Crippen LogP contribution in [0.25, 0.3) is 0 Å². The molecule has 0 fully saturated rings. The fourth-order valence-electron chi connectivity index (χ4n) is 2.09. The van der Waals surface area contributed by atoms with E-state index in [-0.39, 0.29) is 0 Å². The molecule has 5 heteroatoms. The van der Waals surface area contributed by atoms with Crippen LogP contribution in [-0.4, -0.2) is 36.8 Å². The number of nitrogens with one attached hydrogen (secondary N) is 1. The third-order valence-electron chi connectivity index (χ3n) is 3.11. The number of ether oxygens (including phenoxy) is 1. The second kappa shape index (κ2) is 8.21. The first-order valence-electron chi connectivity index (χ1n) is 7.23. The van der Waals surface area contributed by atoms with Crippen molar-refractivity contribution in [2.24, 2.45) is 0 Å². The van der Waals surface area contributed by atoms with Gasteiger partial charge in [0.25, 0.3) is 0 Å². The average molecular weight is 286 g/mol. The Kier molecular flexibility index (Phi) is 5.97. The summed E-state index contributed by atoms with van der Waals surface area (Å²) in [5, 5.41) is 3.22. The second-order valence-corrected chi connectivity index (χ2v) is 4.59. The van der Waals surface area contributed by atoms with E-state index in [1.165, 1.54) is 0 Å². The van der Waals surface area contributed by atoms with E-state index in [1.807, 2.05) is 24.3 Å². The highest BCUT2D eigenvalue weighted by Crippen LogP contribution is 2.23. The summed E-state index contributed by atoms with van der Waals surface area (Å²) in [6.07, 6.45) is 2.72. The summed E-state index contributed by atoms with van der Waals surface area (Å²) < 4.78 is 5.03. The number of benzene rings is 1. The van der Waals surface area contributed by atoms with Crippen LogP contribution in [0.4, 0.5) is 17.5 Å². The van der Waals surface area contributed by atoms with E-state index in [1.54, 1.807) is 13.3 Å². The predicted molar refractivity (Wildman–Crippen MR) is 86.1 cm³/mol. The van der Waals surface area contributed by atoms with Crippen molar-refractivity contribution in [3.63, 3.8) is 0 Å². The Balaban J connectivity index is 2.08. The van der Waals surface area contributed by atoms with Gasteiger partial charge in [0.2, 0.25) is 5.95 Å². The van der Waals surface area contributed by atoms with Crippen LogP contribution in [0.2, 0.25) is 0 Å². The summed E-state index contributed by atoms with van der Waals surface area (Å²) in [7, 11) is 1.70. The normalized spacial score (nSPS) is 10.4. The first-order valence-corrected chi connectivity index (χ1v) is 7.23. The van der Waals surface area contributed by atoms with Gasteiger partial charge in [-0.25, -0.2) is 4.98 Å². The summed E-state index contributed by atoms with van der Waals surface area (Å²) in [6, 6.07) is 12.2. The fourth-order valence-corrected chi connectivity index (χ4v) is 2.09. The maximum Gasteiger partial charge on any atom is 0.224 e. The Labute approximate surface area is 126 Å². The van der Waals surface area contributed by atoms with E-state index in [0.29, 0.717) is 5.95 Å². The Morgan fingerprint density at radius 3 is 2.71 bits per heavy atom. The van der Waals surface area contributed by atoms with Crippen LogP contribution in [0.15, 0.2) is 42.6 Å². The summed E-state index contributed by atoms with van der Waals surface area (Å²) in [6.45, 7) is 4.50. The van der Waals surface area contributed by atoms with Gasteiger partial charge < -0.3 is 15.0 Å². The van der Waals surface area contributed by atoms with Crippen LogP contribution >= 0.6 is 0 Å². The Bertz CT molecular complexity index is 533. The minimum absolute atomic E-state index is 0.651. The quantitative estimate of drug-likeness (QED) is 0.756. The van der Waals surface area contributed by atoms with Crippen LogP contribution in [0.1, 0.15) is 13.3 Å². The third kappa shape index (κ3) is 4.43. The molecule has 21 heavy (non-hydrogen) atoms. The molecule has 0 aliphatic rings. The topological polar surface area (TPSA) is 50.3 Å². The van der Waals surface area contributed by atoms with E-state index < -0.39 is 0 Å². The van der Waals surface area contributed by atoms with Gasteiger partial charge in [0, 0.05) is 38.7 Å². The number of anilines is 3. The molecule has 0 aliphatic heterocycles. The second-order valence-electron chi connectivity index (χ2n) is 4.59. The van der Waals surface area contributed by atoms with Crippen molar-refractivity contribution >= 4 is 17.5 Å². The highest BCUT2D eigenvalue weighted by atomic mass is 16.5. The van der Waals surface area contributed by atoms with Gasteiger partial charge in [-0.1, -0.05) is 18.2 Å². The number of methoxy groups -OCH3 is 1. The molecule has 112 valence electrons. The lowest BCUT2D eigenvalue weighted by Gasteiger charge is -2.22. The third-order valence-corrected chi connectivity index (χ3v) is 3.11. The van der Waals surface area contributed by atoms with Gasteiger partial charge in [-0.15, -0.1) is 0 Å². The minimum Gasteiger partial charge on any atom is -0.385 e. The fraction of sp³-hybridized carbons (Fsp3) is 0.375. The molecule has 0 aliphatic carbocycles. The van der Waals surface area contributed by atoms with E-state index in [2.05, 4.69) is 39.2 Å². The zero-order valence-electron chi connectivity index (χ0n) is 12.6. The largest absolute Gasteiger partial charge is 0.385 e. The van der Waals surface area contributed by atoms with Gasteiger partial charge in [-0.05, 0) is 31.5 Å². The lowest BCUT2D eigenvalue weighted by atomic mass is 10.3. The smallest absolute Gasteiger partial charge is 0.224 e. The molecule has 0 radical (unpaired) electrons. The molecule has 1 N–H and O–H groups in total. The molecule has 0 unspecified atom stereocenters. The SMILES string of the molecule is CCN(c1ccccc1)c1ccnc(NCCCOC)n1. The van der Waals surface area contributed by atoms with Gasteiger partial charge in [-0.3, -0.25) is 0 Å². The zero-order chi connectivity index (χ0) is 14.9. The lowest BCUT2D eigenvalue weighted by molar-refractivity contribution is 0.197. The van der Waals surface area contributed by atoms with Crippen molar-refractivity contribution in [3.8, 4) is 0 Å². The van der Waals surface area contributed by atoms with Gasteiger partial charge in [0.15, 0.2) is 0 Å². The van der Waals surface area contributed by atoms with Gasteiger partial charge in [0.05, 0.1) is 0 Å². The Morgan fingerprint density at radius 2 is 2.00 bits per heavy atom. The molecule has 0 spiro atoms. The summed E-state index contributed by atoms with van der Waals surface area (Å²) in [4.78, 5) is 11.0. The summed E-state index contributed by atoms with van der Waals surface area (Å²) >= 11 is 0. The maximum absolute atomic E-state index is 5.03. The molecule has 1 aromatic carbocycles. The van der Waals surface area contributed by atoms with Crippen LogP contribution < -0.4 is 10.2 Å². The molecule has 0 saturated heterocycles. The lowest BCUT2D eigenvalue weighted by Crippen LogP contribution is -2.18. The Morgan fingerprint density at radius 1 is 1.19 bits per heavy atom.